The van der Waals surface area contributed by atoms with Crippen molar-refractivity contribution in [2.45, 2.75) is 38.1 Å². The molecule has 0 unspecified atom stereocenters. The van der Waals surface area contributed by atoms with Gasteiger partial charge in [0.25, 0.3) is 5.91 Å². The maximum atomic E-state index is 14.1. The summed E-state index contributed by atoms with van der Waals surface area (Å²) in [5, 5.41) is 11.3. The summed E-state index contributed by atoms with van der Waals surface area (Å²) in [6.07, 6.45) is 5.05. The van der Waals surface area contributed by atoms with Crippen molar-refractivity contribution in [3.8, 4) is 0 Å². The minimum Gasteiger partial charge on any atom is -0.406 e. The van der Waals surface area contributed by atoms with Gasteiger partial charge in [-0.05, 0) is 30.5 Å². The summed E-state index contributed by atoms with van der Waals surface area (Å²) >= 11 is 0. The lowest BCUT2D eigenvalue weighted by Crippen LogP contribution is -2.31. The first-order valence-electron chi connectivity index (χ1n) is 10.4. The van der Waals surface area contributed by atoms with Gasteiger partial charge in [0.1, 0.15) is 11.9 Å². The van der Waals surface area contributed by atoms with Crippen molar-refractivity contribution in [2.24, 2.45) is 0 Å². The molecule has 3 aromatic rings. The van der Waals surface area contributed by atoms with Gasteiger partial charge in [0.2, 0.25) is 5.89 Å². The standard InChI is InChI=1S/C23H25FN4O2/c24-19-13-7-6-12-18(19)21(29)25-20(16-17-10-4-3-5-11-17)22-26-27-23(30-22)28-14-8-1-2-9-15-28/h3-7,10-13,20H,1-2,8-9,14-16H2,(H,25,29)/t20-/m0/s1. The van der Waals surface area contributed by atoms with Gasteiger partial charge in [0.15, 0.2) is 0 Å². The summed E-state index contributed by atoms with van der Waals surface area (Å²) in [5.74, 6) is -0.754. The van der Waals surface area contributed by atoms with E-state index in [1.807, 2.05) is 30.3 Å². The highest BCUT2D eigenvalue weighted by Gasteiger charge is 2.25. The van der Waals surface area contributed by atoms with Crippen molar-refractivity contribution in [3.05, 3.63) is 77.4 Å². The van der Waals surface area contributed by atoms with Crippen LogP contribution in [0.3, 0.4) is 0 Å². The Kier molecular flexibility index (Phi) is 6.37. The third-order valence-corrected chi connectivity index (χ3v) is 5.31. The number of anilines is 1. The number of aromatic nitrogens is 2. The van der Waals surface area contributed by atoms with Crippen molar-refractivity contribution in [1.82, 2.24) is 15.5 Å². The van der Waals surface area contributed by atoms with Gasteiger partial charge in [0.05, 0.1) is 5.56 Å². The van der Waals surface area contributed by atoms with Crippen LogP contribution in [0.25, 0.3) is 0 Å². The van der Waals surface area contributed by atoms with Gasteiger partial charge >= 0.3 is 6.01 Å². The van der Waals surface area contributed by atoms with Gasteiger partial charge in [-0.1, -0.05) is 60.4 Å². The van der Waals surface area contributed by atoms with Crippen LogP contribution in [0.4, 0.5) is 10.4 Å². The summed E-state index contributed by atoms with van der Waals surface area (Å²) in [7, 11) is 0. The number of hydrogen-bond acceptors (Lipinski definition) is 5. The predicted octanol–water partition coefficient (Wildman–Crippen LogP) is 4.30. The van der Waals surface area contributed by atoms with Crippen LogP contribution in [0.2, 0.25) is 0 Å². The highest BCUT2D eigenvalue weighted by Crippen LogP contribution is 2.24. The molecule has 1 N–H and O–H groups in total. The maximum absolute atomic E-state index is 14.1. The van der Waals surface area contributed by atoms with Crippen LogP contribution in [-0.4, -0.2) is 29.2 Å². The summed E-state index contributed by atoms with van der Waals surface area (Å²) in [6.45, 7) is 1.76. The van der Waals surface area contributed by atoms with Crippen molar-refractivity contribution >= 4 is 11.9 Å². The van der Waals surface area contributed by atoms with Crippen LogP contribution in [0, 0.1) is 5.82 Å². The molecule has 0 aliphatic carbocycles. The van der Waals surface area contributed by atoms with Crippen LogP contribution >= 0.6 is 0 Å². The van der Waals surface area contributed by atoms with Gasteiger partial charge in [-0.25, -0.2) is 4.39 Å². The smallest absolute Gasteiger partial charge is 0.318 e. The van der Waals surface area contributed by atoms with E-state index in [1.165, 1.54) is 25.0 Å². The Labute approximate surface area is 175 Å². The van der Waals surface area contributed by atoms with Crippen molar-refractivity contribution in [3.63, 3.8) is 0 Å². The molecule has 0 radical (unpaired) electrons. The molecule has 6 nitrogen and oxygen atoms in total. The van der Waals surface area contributed by atoms with Gasteiger partial charge in [-0.15, -0.1) is 5.10 Å². The monoisotopic (exact) mass is 408 g/mol. The van der Waals surface area contributed by atoms with E-state index in [9.17, 15) is 9.18 Å². The normalized spacial score (nSPS) is 15.4. The maximum Gasteiger partial charge on any atom is 0.318 e. The first-order chi connectivity index (χ1) is 14.7. The molecule has 1 atom stereocenters. The van der Waals surface area contributed by atoms with E-state index >= 15 is 0 Å². The Hall–Kier alpha value is -3.22. The Morgan fingerprint density at radius 2 is 1.70 bits per heavy atom. The molecule has 156 valence electrons. The Balaban J connectivity index is 1.57. The first kappa shape index (κ1) is 20.1. The second-order valence-electron chi connectivity index (χ2n) is 7.52. The van der Waals surface area contributed by atoms with Crippen LogP contribution < -0.4 is 10.2 Å². The zero-order valence-corrected chi connectivity index (χ0v) is 16.8. The molecule has 1 aliphatic rings. The molecule has 2 heterocycles. The molecular weight excluding hydrogens is 383 g/mol. The Morgan fingerprint density at radius 3 is 2.43 bits per heavy atom. The van der Waals surface area contributed by atoms with E-state index < -0.39 is 17.8 Å². The molecule has 7 heteroatoms. The summed E-state index contributed by atoms with van der Waals surface area (Å²) in [4.78, 5) is 14.8. The molecule has 4 rings (SSSR count). The largest absolute Gasteiger partial charge is 0.406 e. The summed E-state index contributed by atoms with van der Waals surface area (Å²) in [6, 6.07) is 15.6. The molecule has 30 heavy (non-hydrogen) atoms. The van der Waals surface area contributed by atoms with Crippen LogP contribution in [-0.2, 0) is 6.42 Å². The molecule has 1 saturated heterocycles. The van der Waals surface area contributed by atoms with Gasteiger partial charge in [0, 0.05) is 19.5 Å². The van der Waals surface area contributed by atoms with E-state index in [4.69, 9.17) is 4.42 Å². The van der Waals surface area contributed by atoms with Gasteiger partial charge in [-0.3, -0.25) is 4.79 Å². The third kappa shape index (κ3) is 4.84. The van der Waals surface area contributed by atoms with Crippen LogP contribution in [0.15, 0.2) is 59.0 Å². The number of amides is 1. The third-order valence-electron chi connectivity index (χ3n) is 5.31. The lowest BCUT2D eigenvalue weighted by atomic mass is 10.1. The van der Waals surface area contributed by atoms with Crippen molar-refractivity contribution in [2.75, 3.05) is 18.0 Å². The number of carbonyl (C=O) groups excluding carboxylic acids is 1. The number of hydrogen-bond donors (Lipinski definition) is 1. The number of benzene rings is 2. The molecular formula is C23H25FN4O2. The fraction of sp³-hybridized carbons (Fsp3) is 0.348. The van der Waals surface area contributed by atoms with E-state index in [1.54, 1.807) is 12.1 Å². The molecule has 2 aromatic carbocycles. The quantitative estimate of drug-likeness (QED) is 0.658. The van der Waals surface area contributed by atoms with Gasteiger partial charge in [-0.2, -0.15) is 0 Å². The van der Waals surface area contributed by atoms with E-state index in [0.717, 1.165) is 31.5 Å². The summed E-state index contributed by atoms with van der Waals surface area (Å²) in [5.41, 5.74) is 0.994. The fourth-order valence-corrected chi connectivity index (χ4v) is 3.69. The van der Waals surface area contributed by atoms with E-state index in [0.29, 0.717) is 18.3 Å². The number of halogens is 1. The fourth-order valence-electron chi connectivity index (χ4n) is 3.69. The molecule has 0 saturated carbocycles. The Morgan fingerprint density at radius 1 is 1.00 bits per heavy atom. The minimum absolute atomic E-state index is 0.0113. The second kappa shape index (κ2) is 9.52. The zero-order chi connectivity index (χ0) is 20.8. The molecule has 1 fully saturated rings. The van der Waals surface area contributed by atoms with Crippen LogP contribution in [0.5, 0.6) is 0 Å². The molecule has 0 spiro atoms. The van der Waals surface area contributed by atoms with Gasteiger partial charge < -0.3 is 14.6 Å². The molecule has 1 aliphatic heterocycles. The summed E-state index contributed by atoms with van der Waals surface area (Å²) < 4.78 is 20.1. The number of rotatable bonds is 6. The highest BCUT2D eigenvalue weighted by molar-refractivity contribution is 5.94. The second-order valence-corrected chi connectivity index (χ2v) is 7.52. The minimum atomic E-state index is -0.566. The van der Waals surface area contributed by atoms with E-state index in [2.05, 4.69) is 20.4 Å². The van der Waals surface area contributed by atoms with Crippen molar-refractivity contribution < 1.29 is 13.6 Å². The molecule has 1 aromatic heterocycles. The topological polar surface area (TPSA) is 71.3 Å². The SMILES string of the molecule is O=C(N[C@@H](Cc1ccccc1)c1nnc(N2CCCCCC2)o1)c1ccccc1F. The van der Waals surface area contributed by atoms with E-state index in [-0.39, 0.29) is 5.56 Å². The lowest BCUT2D eigenvalue weighted by molar-refractivity contribution is 0.0926. The molecule has 1 amide bonds. The first-order valence-corrected chi connectivity index (χ1v) is 10.4. The van der Waals surface area contributed by atoms with Crippen LogP contribution in [0.1, 0.15) is 53.5 Å². The lowest BCUT2D eigenvalue weighted by Gasteiger charge is -2.18. The van der Waals surface area contributed by atoms with Crippen molar-refractivity contribution in [1.29, 1.82) is 0 Å². The number of nitrogens with one attached hydrogen (secondary N) is 1. The average molecular weight is 408 g/mol. The molecule has 0 bridgehead atoms. The number of carbonyl (C=O) groups is 1. The number of nitrogens with zero attached hydrogens (tertiary/aromatic N) is 3. The highest BCUT2D eigenvalue weighted by atomic mass is 19.1. The predicted molar refractivity (Wildman–Crippen MR) is 112 cm³/mol. The average Bonchev–Trinajstić information content (AvgIpc) is 3.10. The zero-order valence-electron chi connectivity index (χ0n) is 16.8. The Bertz CT molecular complexity index is 968.